The highest BCUT2D eigenvalue weighted by Crippen LogP contribution is 2.34. The summed E-state index contributed by atoms with van der Waals surface area (Å²) in [5, 5.41) is 12.2. The van der Waals surface area contributed by atoms with Crippen LogP contribution in [0, 0.1) is 5.41 Å². The molecule has 2 aromatic carbocycles. The van der Waals surface area contributed by atoms with Crippen LogP contribution < -0.4 is 4.90 Å². The SMILES string of the molecule is CCN(CC)c1nc2c([nH]1)c(C(=N)c1c[nH]c3ccccc13)nc1[nH]c3ccccc3c12. The number of imidazole rings is 1. The summed E-state index contributed by atoms with van der Waals surface area (Å²) in [6.45, 7) is 5.92. The topological polar surface area (TPSA) is 100 Å². The number of aromatic nitrogens is 5. The molecule has 0 fully saturated rings. The van der Waals surface area contributed by atoms with Gasteiger partial charge in [-0.25, -0.2) is 9.97 Å². The fourth-order valence-corrected chi connectivity index (χ4v) is 4.59. The second-order valence-electron chi connectivity index (χ2n) is 7.93. The van der Waals surface area contributed by atoms with E-state index in [2.05, 4.69) is 39.8 Å². The van der Waals surface area contributed by atoms with Gasteiger partial charge in [-0.2, -0.15) is 0 Å². The molecule has 4 N–H and O–H groups in total. The lowest BCUT2D eigenvalue weighted by atomic mass is 10.0. The Bertz CT molecular complexity index is 1630. The van der Waals surface area contributed by atoms with Gasteiger partial charge in [0.15, 0.2) is 0 Å². The summed E-state index contributed by atoms with van der Waals surface area (Å²) in [6.07, 6.45) is 1.89. The molecule has 0 amide bonds. The highest BCUT2D eigenvalue weighted by molar-refractivity contribution is 6.26. The van der Waals surface area contributed by atoms with Crippen LogP contribution in [0.1, 0.15) is 25.1 Å². The Morgan fingerprint density at radius 1 is 0.906 bits per heavy atom. The van der Waals surface area contributed by atoms with Crippen LogP contribution in [0.15, 0.2) is 54.7 Å². The van der Waals surface area contributed by atoms with E-state index in [4.69, 9.17) is 15.4 Å². The van der Waals surface area contributed by atoms with E-state index in [9.17, 15) is 0 Å². The van der Waals surface area contributed by atoms with Crippen LogP contribution in [0.4, 0.5) is 5.95 Å². The molecule has 7 heteroatoms. The summed E-state index contributed by atoms with van der Waals surface area (Å²) in [6, 6.07) is 16.2. The number of anilines is 1. The average Bonchev–Trinajstić information content (AvgIpc) is 3.53. The van der Waals surface area contributed by atoms with Crippen molar-refractivity contribution in [3.05, 3.63) is 66.0 Å². The Balaban J connectivity index is 1.68. The third-order valence-corrected chi connectivity index (χ3v) is 6.23. The van der Waals surface area contributed by atoms with Gasteiger partial charge in [0.05, 0.1) is 16.6 Å². The van der Waals surface area contributed by atoms with E-state index in [-0.39, 0.29) is 0 Å². The number of benzene rings is 2. The first kappa shape index (κ1) is 18.6. The first-order chi connectivity index (χ1) is 15.7. The third kappa shape index (κ3) is 2.57. The number of fused-ring (bicyclic) bond motifs is 6. The average molecular weight is 422 g/mol. The molecule has 0 bridgehead atoms. The van der Waals surface area contributed by atoms with Crippen LogP contribution in [0.25, 0.3) is 43.9 Å². The maximum atomic E-state index is 9.11. The van der Waals surface area contributed by atoms with Gasteiger partial charge in [0.25, 0.3) is 0 Å². The predicted molar refractivity (Wildman–Crippen MR) is 131 cm³/mol. The van der Waals surface area contributed by atoms with E-state index in [1.165, 1.54) is 0 Å². The molecule has 4 heterocycles. The largest absolute Gasteiger partial charge is 0.360 e. The van der Waals surface area contributed by atoms with Gasteiger partial charge in [0, 0.05) is 46.7 Å². The molecule has 0 saturated carbocycles. The summed E-state index contributed by atoms with van der Waals surface area (Å²) < 4.78 is 0. The smallest absolute Gasteiger partial charge is 0.203 e. The van der Waals surface area contributed by atoms with Gasteiger partial charge >= 0.3 is 0 Å². The van der Waals surface area contributed by atoms with Crippen molar-refractivity contribution in [2.24, 2.45) is 0 Å². The van der Waals surface area contributed by atoms with Gasteiger partial charge in [-0.15, -0.1) is 0 Å². The maximum absolute atomic E-state index is 9.11. The van der Waals surface area contributed by atoms with Crippen LogP contribution >= 0.6 is 0 Å². The van der Waals surface area contributed by atoms with Crippen molar-refractivity contribution in [1.82, 2.24) is 24.9 Å². The Morgan fingerprint density at radius 3 is 2.41 bits per heavy atom. The summed E-state index contributed by atoms with van der Waals surface area (Å²) in [4.78, 5) is 22.3. The molecule has 6 aromatic rings. The lowest BCUT2D eigenvalue weighted by Gasteiger charge is -2.16. The lowest BCUT2D eigenvalue weighted by Crippen LogP contribution is -2.22. The van der Waals surface area contributed by atoms with Crippen LogP contribution in [0.3, 0.4) is 0 Å². The molecular weight excluding hydrogens is 398 g/mol. The number of hydrogen-bond acceptors (Lipinski definition) is 4. The van der Waals surface area contributed by atoms with E-state index < -0.39 is 0 Å². The second kappa shape index (κ2) is 6.95. The Kier molecular flexibility index (Phi) is 4.04. The molecule has 158 valence electrons. The van der Waals surface area contributed by atoms with E-state index in [1.54, 1.807) is 0 Å². The van der Waals surface area contributed by atoms with Gasteiger partial charge in [0.2, 0.25) is 5.95 Å². The standard InChI is InChI=1S/C25H23N7/c1-3-32(4-2)25-30-21-19-15-10-6-8-12-18(15)28-24(19)29-22(23(21)31-25)20(26)16-13-27-17-11-7-5-9-14(16)17/h5-13,26-27H,3-4H2,1-2H3,(H,28,29)(H,30,31). The summed E-state index contributed by atoms with van der Waals surface area (Å²) in [7, 11) is 0. The molecule has 4 aromatic heterocycles. The van der Waals surface area contributed by atoms with Gasteiger partial charge in [-0.05, 0) is 26.0 Å². The Hall–Kier alpha value is -4.13. The minimum Gasteiger partial charge on any atom is -0.360 e. The number of rotatable bonds is 5. The first-order valence-corrected chi connectivity index (χ1v) is 10.9. The molecule has 0 spiro atoms. The van der Waals surface area contributed by atoms with Crippen molar-refractivity contribution < 1.29 is 0 Å². The zero-order valence-electron chi connectivity index (χ0n) is 18.0. The third-order valence-electron chi connectivity index (χ3n) is 6.23. The number of hydrogen-bond donors (Lipinski definition) is 4. The molecule has 0 aliphatic carbocycles. The summed E-state index contributed by atoms with van der Waals surface area (Å²) in [5.74, 6) is 0.803. The number of nitrogens with one attached hydrogen (secondary N) is 4. The first-order valence-electron chi connectivity index (χ1n) is 10.9. The van der Waals surface area contributed by atoms with Crippen molar-refractivity contribution in [1.29, 1.82) is 5.41 Å². The zero-order chi connectivity index (χ0) is 21.8. The van der Waals surface area contributed by atoms with Crippen LogP contribution in [-0.2, 0) is 0 Å². The molecule has 0 aliphatic heterocycles. The summed E-state index contributed by atoms with van der Waals surface area (Å²) in [5.41, 5.74) is 6.17. The number of nitrogens with zero attached hydrogens (tertiary/aromatic N) is 3. The molecule has 0 atom stereocenters. The fourth-order valence-electron chi connectivity index (χ4n) is 4.59. The van der Waals surface area contributed by atoms with E-state index >= 15 is 0 Å². The number of H-pyrrole nitrogens is 3. The van der Waals surface area contributed by atoms with Crippen LogP contribution in [0.5, 0.6) is 0 Å². The molecule has 32 heavy (non-hydrogen) atoms. The minimum absolute atomic E-state index is 0.364. The molecule has 7 nitrogen and oxygen atoms in total. The van der Waals surface area contributed by atoms with Gasteiger partial charge in [-0.1, -0.05) is 36.4 Å². The van der Waals surface area contributed by atoms with Gasteiger partial charge in [0.1, 0.15) is 16.9 Å². The molecule has 0 unspecified atom stereocenters. The van der Waals surface area contributed by atoms with E-state index in [0.29, 0.717) is 11.4 Å². The fraction of sp³-hybridized carbons (Fsp3) is 0.160. The Morgan fingerprint density at radius 2 is 1.62 bits per heavy atom. The number of pyridine rings is 1. The quantitative estimate of drug-likeness (QED) is 0.283. The molecule has 0 aliphatic rings. The highest BCUT2D eigenvalue weighted by Gasteiger charge is 2.22. The zero-order valence-corrected chi connectivity index (χ0v) is 18.0. The molecule has 0 radical (unpaired) electrons. The maximum Gasteiger partial charge on any atom is 0.203 e. The second-order valence-corrected chi connectivity index (χ2v) is 7.93. The van der Waals surface area contributed by atoms with Crippen LogP contribution in [0.2, 0.25) is 0 Å². The Labute approximate surface area is 184 Å². The normalized spacial score (nSPS) is 11.8. The van der Waals surface area contributed by atoms with Crippen molar-refractivity contribution in [2.75, 3.05) is 18.0 Å². The molecular formula is C25H23N7. The number of para-hydroxylation sites is 2. The van der Waals surface area contributed by atoms with Gasteiger partial charge < -0.3 is 19.9 Å². The van der Waals surface area contributed by atoms with E-state index in [0.717, 1.165) is 68.5 Å². The monoisotopic (exact) mass is 421 g/mol. The van der Waals surface area contributed by atoms with Crippen molar-refractivity contribution in [3.8, 4) is 0 Å². The molecule has 0 saturated heterocycles. The number of aromatic amines is 3. The minimum atomic E-state index is 0.364. The van der Waals surface area contributed by atoms with Crippen molar-refractivity contribution >= 4 is 55.5 Å². The predicted octanol–water partition coefficient (Wildman–Crippen LogP) is 5.34. The van der Waals surface area contributed by atoms with E-state index in [1.807, 2.05) is 48.7 Å². The van der Waals surface area contributed by atoms with Crippen LogP contribution in [-0.4, -0.2) is 43.7 Å². The van der Waals surface area contributed by atoms with Crippen molar-refractivity contribution in [2.45, 2.75) is 13.8 Å². The van der Waals surface area contributed by atoms with Gasteiger partial charge in [-0.3, -0.25) is 5.41 Å². The lowest BCUT2D eigenvalue weighted by molar-refractivity contribution is 0.835. The summed E-state index contributed by atoms with van der Waals surface area (Å²) >= 11 is 0. The molecule has 6 rings (SSSR count). The highest BCUT2D eigenvalue weighted by atomic mass is 15.3. The van der Waals surface area contributed by atoms with Crippen molar-refractivity contribution in [3.63, 3.8) is 0 Å².